The fourth-order valence-corrected chi connectivity index (χ4v) is 2.44. The lowest BCUT2D eigenvalue weighted by atomic mass is 10.1. The number of nitrogens with one attached hydrogen (secondary N) is 1. The lowest BCUT2D eigenvalue weighted by Gasteiger charge is -2.29. The second kappa shape index (κ2) is 4.46. The Kier molecular flexibility index (Phi) is 2.80. The van der Waals surface area contributed by atoms with Crippen molar-refractivity contribution in [1.29, 1.82) is 0 Å². The molecule has 1 aromatic carbocycles. The predicted octanol–water partition coefficient (Wildman–Crippen LogP) is 1.66. The molecule has 0 atom stereocenters. The van der Waals surface area contributed by atoms with Crippen molar-refractivity contribution in [2.24, 2.45) is 0 Å². The highest BCUT2D eigenvalue weighted by Crippen LogP contribution is 2.28. The number of aromatic nitrogens is 1. The van der Waals surface area contributed by atoms with E-state index < -0.39 is 0 Å². The number of hydrogen-bond acceptors (Lipinski definition) is 4. The Labute approximate surface area is 106 Å². The van der Waals surface area contributed by atoms with Crippen LogP contribution in [0.1, 0.15) is 5.69 Å². The molecule has 2 aromatic rings. The van der Waals surface area contributed by atoms with Gasteiger partial charge in [0.1, 0.15) is 5.75 Å². The van der Waals surface area contributed by atoms with E-state index in [2.05, 4.69) is 21.3 Å². The van der Waals surface area contributed by atoms with Crippen molar-refractivity contribution in [1.82, 2.24) is 10.3 Å². The van der Waals surface area contributed by atoms with Crippen LogP contribution in [0.3, 0.4) is 0 Å². The highest BCUT2D eigenvalue weighted by molar-refractivity contribution is 5.88. The quantitative estimate of drug-likeness (QED) is 0.799. The van der Waals surface area contributed by atoms with Gasteiger partial charge in [-0.2, -0.15) is 0 Å². The Bertz CT molecular complexity index is 577. The van der Waals surface area contributed by atoms with Crippen LogP contribution in [0.15, 0.2) is 24.3 Å². The fourth-order valence-electron chi connectivity index (χ4n) is 2.44. The Morgan fingerprint density at radius 1 is 1.22 bits per heavy atom. The Balaban J connectivity index is 2.04. The molecule has 1 fully saturated rings. The average molecular weight is 243 g/mol. The van der Waals surface area contributed by atoms with Crippen LogP contribution >= 0.6 is 0 Å². The number of anilines is 1. The minimum Gasteiger partial charge on any atom is -0.507 e. The Morgan fingerprint density at radius 3 is 2.78 bits per heavy atom. The topological polar surface area (TPSA) is 48.4 Å². The zero-order chi connectivity index (χ0) is 12.5. The first-order chi connectivity index (χ1) is 8.74. The van der Waals surface area contributed by atoms with E-state index in [9.17, 15) is 5.11 Å². The summed E-state index contributed by atoms with van der Waals surface area (Å²) in [7, 11) is 0. The van der Waals surface area contributed by atoms with Crippen LogP contribution in [0.5, 0.6) is 5.75 Å². The van der Waals surface area contributed by atoms with E-state index in [0.717, 1.165) is 48.5 Å². The van der Waals surface area contributed by atoms with Gasteiger partial charge in [0.15, 0.2) is 0 Å². The largest absolute Gasteiger partial charge is 0.507 e. The van der Waals surface area contributed by atoms with Crippen LogP contribution in [0.2, 0.25) is 0 Å². The molecular formula is C14H17N3O. The van der Waals surface area contributed by atoms with E-state index in [1.54, 1.807) is 6.07 Å². The highest BCUT2D eigenvalue weighted by Gasteiger charge is 2.12. The molecule has 0 spiro atoms. The molecule has 1 aromatic heterocycles. The van der Waals surface area contributed by atoms with Gasteiger partial charge in [-0.05, 0) is 25.1 Å². The molecule has 4 heteroatoms. The molecule has 0 unspecified atom stereocenters. The summed E-state index contributed by atoms with van der Waals surface area (Å²) in [6.07, 6.45) is 0. The van der Waals surface area contributed by atoms with Crippen molar-refractivity contribution in [3.05, 3.63) is 30.0 Å². The molecule has 1 aliphatic rings. The van der Waals surface area contributed by atoms with E-state index in [4.69, 9.17) is 0 Å². The molecule has 0 radical (unpaired) electrons. The third-order valence-corrected chi connectivity index (χ3v) is 3.38. The van der Waals surface area contributed by atoms with Crippen LogP contribution in [-0.4, -0.2) is 36.3 Å². The maximum atomic E-state index is 10.0. The molecule has 94 valence electrons. The summed E-state index contributed by atoms with van der Waals surface area (Å²) < 4.78 is 0. The standard InChI is InChI=1S/C14H17N3O/c1-10-8-14(18)12-9-11(2-3-13(12)16-10)17-6-4-15-5-7-17/h2-3,8-9,15H,4-7H2,1H3,(H,16,18). The molecule has 2 heterocycles. The second-order valence-electron chi connectivity index (χ2n) is 4.72. The summed E-state index contributed by atoms with van der Waals surface area (Å²) >= 11 is 0. The van der Waals surface area contributed by atoms with Crippen molar-refractivity contribution < 1.29 is 5.11 Å². The SMILES string of the molecule is Cc1cc(O)c2cc(N3CCNCC3)ccc2n1. The number of pyridine rings is 1. The van der Waals surface area contributed by atoms with E-state index in [-0.39, 0.29) is 0 Å². The van der Waals surface area contributed by atoms with Crippen molar-refractivity contribution in [2.75, 3.05) is 31.1 Å². The van der Waals surface area contributed by atoms with Gasteiger partial charge in [-0.15, -0.1) is 0 Å². The van der Waals surface area contributed by atoms with Gasteiger partial charge in [0.25, 0.3) is 0 Å². The smallest absolute Gasteiger partial charge is 0.126 e. The molecule has 0 saturated carbocycles. The maximum Gasteiger partial charge on any atom is 0.126 e. The molecule has 1 aliphatic heterocycles. The molecule has 18 heavy (non-hydrogen) atoms. The van der Waals surface area contributed by atoms with Crippen LogP contribution in [0, 0.1) is 6.92 Å². The Hall–Kier alpha value is -1.81. The summed E-state index contributed by atoms with van der Waals surface area (Å²) in [6, 6.07) is 7.81. The van der Waals surface area contributed by atoms with Gasteiger partial charge >= 0.3 is 0 Å². The van der Waals surface area contributed by atoms with Gasteiger partial charge in [-0.3, -0.25) is 4.98 Å². The first kappa shape index (κ1) is 11.3. The average Bonchev–Trinajstić information content (AvgIpc) is 2.39. The van der Waals surface area contributed by atoms with Crippen LogP contribution < -0.4 is 10.2 Å². The highest BCUT2D eigenvalue weighted by atomic mass is 16.3. The van der Waals surface area contributed by atoms with E-state index in [1.807, 2.05) is 19.1 Å². The van der Waals surface area contributed by atoms with Gasteiger partial charge in [-0.25, -0.2) is 0 Å². The summed E-state index contributed by atoms with van der Waals surface area (Å²) in [4.78, 5) is 6.76. The van der Waals surface area contributed by atoms with Crippen molar-refractivity contribution in [3.63, 3.8) is 0 Å². The molecule has 3 rings (SSSR count). The second-order valence-corrected chi connectivity index (χ2v) is 4.72. The normalized spacial score (nSPS) is 16.2. The van der Waals surface area contributed by atoms with Gasteiger partial charge < -0.3 is 15.3 Å². The molecule has 0 amide bonds. The minimum atomic E-state index is 0.314. The monoisotopic (exact) mass is 243 g/mol. The van der Waals surface area contributed by atoms with Crippen LogP contribution in [0.25, 0.3) is 10.9 Å². The molecule has 1 saturated heterocycles. The summed E-state index contributed by atoms with van der Waals surface area (Å²) in [5.41, 5.74) is 2.85. The number of benzene rings is 1. The van der Waals surface area contributed by atoms with Gasteiger partial charge in [-0.1, -0.05) is 0 Å². The number of aromatic hydroxyl groups is 1. The number of aryl methyl sites for hydroxylation is 1. The number of hydrogen-bond donors (Lipinski definition) is 2. The first-order valence-corrected chi connectivity index (χ1v) is 6.30. The van der Waals surface area contributed by atoms with Crippen molar-refractivity contribution in [2.45, 2.75) is 6.92 Å². The van der Waals surface area contributed by atoms with E-state index >= 15 is 0 Å². The van der Waals surface area contributed by atoms with Gasteiger partial charge in [0.2, 0.25) is 0 Å². The molecular weight excluding hydrogens is 226 g/mol. The Morgan fingerprint density at radius 2 is 2.00 bits per heavy atom. The zero-order valence-electron chi connectivity index (χ0n) is 10.5. The molecule has 0 aliphatic carbocycles. The number of fused-ring (bicyclic) bond motifs is 1. The molecule has 4 nitrogen and oxygen atoms in total. The molecule has 0 bridgehead atoms. The zero-order valence-corrected chi connectivity index (χ0v) is 10.5. The maximum absolute atomic E-state index is 10.0. The fraction of sp³-hybridized carbons (Fsp3) is 0.357. The third-order valence-electron chi connectivity index (χ3n) is 3.38. The van der Waals surface area contributed by atoms with Gasteiger partial charge in [0, 0.05) is 49.0 Å². The van der Waals surface area contributed by atoms with Crippen molar-refractivity contribution in [3.8, 4) is 5.75 Å². The van der Waals surface area contributed by atoms with Gasteiger partial charge in [0.05, 0.1) is 5.52 Å². The minimum absolute atomic E-state index is 0.314. The summed E-state index contributed by atoms with van der Waals surface area (Å²) in [6.45, 7) is 5.92. The summed E-state index contributed by atoms with van der Waals surface area (Å²) in [5, 5.41) is 14.2. The number of nitrogens with zero attached hydrogens (tertiary/aromatic N) is 2. The van der Waals surface area contributed by atoms with Crippen LogP contribution in [0.4, 0.5) is 5.69 Å². The van der Waals surface area contributed by atoms with Crippen LogP contribution in [-0.2, 0) is 0 Å². The summed E-state index contributed by atoms with van der Waals surface area (Å²) in [5.74, 6) is 0.314. The van der Waals surface area contributed by atoms with Crippen molar-refractivity contribution >= 4 is 16.6 Å². The lowest BCUT2D eigenvalue weighted by Crippen LogP contribution is -2.43. The number of piperazine rings is 1. The number of rotatable bonds is 1. The predicted molar refractivity (Wildman–Crippen MR) is 73.2 cm³/mol. The first-order valence-electron chi connectivity index (χ1n) is 6.30. The third kappa shape index (κ3) is 1.99. The van der Waals surface area contributed by atoms with E-state index in [0.29, 0.717) is 5.75 Å². The lowest BCUT2D eigenvalue weighted by molar-refractivity contribution is 0.480. The van der Waals surface area contributed by atoms with E-state index in [1.165, 1.54) is 0 Å². The molecule has 2 N–H and O–H groups in total.